The number of fused-ring (bicyclic) bond motifs is 2. The molecule has 4 aromatic rings. The smallest absolute Gasteiger partial charge is 0.324 e. The molecule has 9 nitrogen and oxygen atoms in total. The lowest BCUT2D eigenvalue weighted by molar-refractivity contribution is -0.144. The topological polar surface area (TPSA) is 113 Å². The molecule has 4 heterocycles. The van der Waals surface area contributed by atoms with Crippen molar-refractivity contribution < 1.29 is 13.2 Å². The van der Waals surface area contributed by atoms with Crippen LogP contribution in [0.4, 0.5) is 24.8 Å². The summed E-state index contributed by atoms with van der Waals surface area (Å²) in [4.78, 5) is 26.1. The fraction of sp³-hybridized carbons (Fsp3) is 0.320. The molecule has 0 saturated carbocycles. The lowest BCUT2D eigenvalue weighted by Gasteiger charge is -2.18. The Kier molecular flexibility index (Phi) is 5.95. The summed E-state index contributed by atoms with van der Waals surface area (Å²) in [5.41, 5.74) is 1.50. The van der Waals surface area contributed by atoms with Crippen molar-refractivity contribution in [1.29, 1.82) is 5.26 Å². The Morgan fingerprint density at radius 3 is 2.73 bits per heavy atom. The third-order valence-electron chi connectivity index (χ3n) is 6.22. The average molecular weight is 509 g/mol. The summed E-state index contributed by atoms with van der Waals surface area (Å²) in [7, 11) is 0. The Morgan fingerprint density at radius 2 is 1.97 bits per heavy atom. The van der Waals surface area contributed by atoms with E-state index >= 15 is 0 Å². The van der Waals surface area contributed by atoms with Gasteiger partial charge in [0.15, 0.2) is 11.5 Å². The van der Waals surface area contributed by atoms with Crippen LogP contribution in [-0.4, -0.2) is 37.0 Å². The zero-order chi connectivity index (χ0) is 26.4. The van der Waals surface area contributed by atoms with E-state index in [1.165, 1.54) is 23.4 Å². The molecule has 3 aromatic heterocycles. The molecule has 1 aliphatic rings. The predicted octanol–water partition coefficient (Wildman–Crippen LogP) is 3.73. The lowest BCUT2D eigenvalue weighted by Crippen LogP contribution is -2.30. The quantitative estimate of drug-likeness (QED) is 0.422. The molecule has 0 atom stereocenters. The van der Waals surface area contributed by atoms with Crippen molar-refractivity contribution in [3.63, 3.8) is 0 Å². The molecule has 1 aromatic carbocycles. The molecule has 0 amide bonds. The van der Waals surface area contributed by atoms with Gasteiger partial charge in [0, 0.05) is 18.4 Å². The molecule has 12 heteroatoms. The highest BCUT2D eigenvalue weighted by molar-refractivity contribution is 5.77. The fourth-order valence-corrected chi connectivity index (χ4v) is 4.26. The highest BCUT2D eigenvalue weighted by atomic mass is 19.4. The molecule has 0 radical (unpaired) electrons. The van der Waals surface area contributed by atoms with Gasteiger partial charge < -0.3 is 10.6 Å². The second-order valence-electron chi connectivity index (χ2n) is 9.37. The molecule has 2 N–H and O–H groups in total. The van der Waals surface area contributed by atoms with Crippen molar-refractivity contribution >= 4 is 22.7 Å². The minimum atomic E-state index is -4.67. The normalized spacial score (nSPS) is 13.8. The molecule has 0 bridgehead atoms. The van der Waals surface area contributed by atoms with Crippen LogP contribution in [-0.2, 0) is 24.9 Å². The lowest BCUT2D eigenvalue weighted by atomic mass is 9.91. The minimum absolute atomic E-state index is 0.0307. The van der Waals surface area contributed by atoms with E-state index < -0.39 is 23.7 Å². The Bertz CT molecular complexity index is 1600. The van der Waals surface area contributed by atoms with Crippen molar-refractivity contribution in [2.75, 3.05) is 11.9 Å². The van der Waals surface area contributed by atoms with Crippen LogP contribution in [0.5, 0.6) is 0 Å². The number of hydrogen-bond donors (Lipinski definition) is 2. The number of aromatic nitrogens is 5. The monoisotopic (exact) mass is 508 g/mol. The van der Waals surface area contributed by atoms with Crippen LogP contribution >= 0.6 is 0 Å². The maximum absolute atomic E-state index is 13.5. The number of halogens is 3. The molecule has 1 aliphatic heterocycles. The van der Waals surface area contributed by atoms with Gasteiger partial charge in [-0.1, -0.05) is 12.1 Å². The SMILES string of the molecule is CC(C)(C#N)c1cccc(-n2c3nc(Nc4ccc5c(c4)CCNC5)ncc3c(=O)n2CC(F)(F)F)n1. The number of nitriles is 1. The van der Waals surface area contributed by atoms with Gasteiger partial charge in [-0.2, -0.15) is 23.4 Å². The molecule has 0 aliphatic carbocycles. The second-order valence-corrected chi connectivity index (χ2v) is 9.37. The Labute approximate surface area is 209 Å². The standard InChI is InChI=1S/C25H23F3N8O/c1-24(2,13-29)19-4-3-5-20(33-19)36-21-18(22(37)35(36)14-25(26,27)28)12-31-23(34-21)32-17-7-6-16-11-30-9-8-15(16)10-17/h3-7,10,12,30H,8-9,11,14H2,1-2H3,(H,31,32,34). The van der Waals surface area contributed by atoms with Gasteiger partial charge in [0.1, 0.15) is 11.9 Å². The number of rotatable bonds is 5. The summed E-state index contributed by atoms with van der Waals surface area (Å²) in [5.74, 6) is 0.149. The maximum Gasteiger partial charge on any atom is 0.408 e. The van der Waals surface area contributed by atoms with Crippen molar-refractivity contribution in [3.8, 4) is 11.9 Å². The van der Waals surface area contributed by atoms with Crippen molar-refractivity contribution in [3.05, 3.63) is 69.8 Å². The minimum Gasteiger partial charge on any atom is -0.324 e. The summed E-state index contributed by atoms with van der Waals surface area (Å²) in [5, 5.41) is 15.8. The highest BCUT2D eigenvalue weighted by Crippen LogP contribution is 2.26. The van der Waals surface area contributed by atoms with E-state index in [0.29, 0.717) is 10.4 Å². The Hall–Kier alpha value is -4.24. The van der Waals surface area contributed by atoms with Crippen LogP contribution in [0.3, 0.4) is 0 Å². The van der Waals surface area contributed by atoms with E-state index in [1.807, 2.05) is 18.2 Å². The first kappa shape index (κ1) is 24.5. The first-order valence-electron chi connectivity index (χ1n) is 11.6. The number of nitrogens with zero attached hydrogens (tertiary/aromatic N) is 6. The van der Waals surface area contributed by atoms with Crippen LogP contribution in [0.2, 0.25) is 0 Å². The number of anilines is 2. The maximum atomic E-state index is 13.5. The van der Waals surface area contributed by atoms with Crippen LogP contribution in [0, 0.1) is 11.3 Å². The fourth-order valence-electron chi connectivity index (χ4n) is 4.26. The summed E-state index contributed by atoms with van der Waals surface area (Å²) >= 11 is 0. The Morgan fingerprint density at radius 1 is 1.16 bits per heavy atom. The van der Waals surface area contributed by atoms with Crippen molar-refractivity contribution in [2.45, 2.75) is 44.9 Å². The first-order valence-corrected chi connectivity index (χ1v) is 11.6. The average Bonchev–Trinajstić information content (AvgIpc) is 3.13. The van der Waals surface area contributed by atoms with Gasteiger partial charge >= 0.3 is 6.18 Å². The van der Waals surface area contributed by atoms with Gasteiger partial charge in [0.25, 0.3) is 5.56 Å². The Balaban J connectivity index is 1.65. The van der Waals surface area contributed by atoms with Crippen LogP contribution < -0.4 is 16.2 Å². The van der Waals surface area contributed by atoms with Gasteiger partial charge in [-0.15, -0.1) is 0 Å². The van der Waals surface area contributed by atoms with E-state index in [9.17, 15) is 23.2 Å². The molecular weight excluding hydrogens is 485 g/mol. The number of pyridine rings is 1. The third kappa shape index (κ3) is 4.77. The second kappa shape index (κ2) is 9.01. The molecule has 5 rings (SSSR count). The van der Waals surface area contributed by atoms with E-state index in [0.717, 1.165) is 29.9 Å². The number of nitrogens with one attached hydrogen (secondary N) is 2. The van der Waals surface area contributed by atoms with E-state index in [1.54, 1.807) is 26.0 Å². The number of benzene rings is 1. The van der Waals surface area contributed by atoms with E-state index in [2.05, 4.69) is 31.7 Å². The van der Waals surface area contributed by atoms with Crippen molar-refractivity contribution in [1.82, 2.24) is 29.6 Å². The molecular formula is C25H23F3N8O. The first-order chi connectivity index (χ1) is 17.6. The van der Waals surface area contributed by atoms with Gasteiger partial charge in [-0.3, -0.25) is 4.79 Å². The summed E-state index contributed by atoms with van der Waals surface area (Å²) in [6.07, 6.45) is -2.60. The van der Waals surface area contributed by atoms with Gasteiger partial charge in [-0.25, -0.2) is 19.3 Å². The summed E-state index contributed by atoms with van der Waals surface area (Å²) in [6, 6.07) is 12.6. The number of alkyl halides is 3. The zero-order valence-electron chi connectivity index (χ0n) is 20.1. The van der Waals surface area contributed by atoms with E-state index in [-0.39, 0.29) is 22.8 Å². The van der Waals surface area contributed by atoms with Crippen LogP contribution in [0.1, 0.15) is 30.7 Å². The highest BCUT2D eigenvalue weighted by Gasteiger charge is 2.32. The predicted molar refractivity (Wildman–Crippen MR) is 131 cm³/mol. The van der Waals surface area contributed by atoms with Gasteiger partial charge in [0.05, 0.1) is 17.2 Å². The van der Waals surface area contributed by atoms with Gasteiger partial charge in [0.2, 0.25) is 5.95 Å². The molecule has 0 saturated heterocycles. The number of hydrogen-bond acceptors (Lipinski definition) is 7. The molecule has 190 valence electrons. The zero-order valence-corrected chi connectivity index (χ0v) is 20.1. The van der Waals surface area contributed by atoms with Crippen LogP contribution in [0.15, 0.2) is 47.4 Å². The molecule has 37 heavy (non-hydrogen) atoms. The summed E-state index contributed by atoms with van der Waals surface area (Å²) in [6.45, 7) is 3.40. The third-order valence-corrected chi connectivity index (χ3v) is 6.22. The molecule has 0 fully saturated rings. The largest absolute Gasteiger partial charge is 0.408 e. The summed E-state index contributed by atoms with van der Waals surface area (Å²) < 4.78 is 42.0. The molecule has 0 unspecified atom stereocenters. The van der Waals surface area contributed by atoms with Crippen LogP contribution in [0.25, 0.3) is 16.9 Å². The van der Waals surface area contributed by atoms with E-state index in [4.69, 9.17) is 0 Å². The van der Waals surface area contributed by atoms with Crippen molar-refractivity contribution in [2.24, 2.45) is 0 Å². The molecule has 0 spiro atoms. The van der Waals surface area contributed by atoms with Gasteiger partial charge in [-0.05, 0) is 62.2 Å².